The van der Waals surface area contributed by atoms with Crippen LogP contribution in [0, 0.1) is 23.0 Å². The van der Waals surface area contributed by atoms with E-state index in [0.717, 1.165) is 12.1 Å². The number of carbonyl (C=O) groups is 1. The molecule has 2 aromatic carbocycles. The molecule has 0 amide bonds. The quantitative estimate of drug-likeness (QED) is 0.637. The number of hydrogen-bond acceptors (Lipinski definition) is 3. The van der Waals surface area contributed by atoms with Crippen LogP contribution in [0.4, 0.5) is 8.78 Å². The fourth-order valence-electron chi connectivity index (χ4n) is 1.77. The first-order valence-corrected chi connectivity index (χ1v) is 6.25. The zero-order chi connectivity index (χ0) is 15.4. The number of nitriles is 1. The molecule has 0 saturated heterocycles. The molecule has 3 nitrogen and oxygen atoms in total. The summed E-state index contributed by atoms with van der Waals surface area (Å²) in [5.74, 6) is -1.72. The number of nitrogens with zero attached hydrogens (tertiary/aromatic N) is 1. The van der Waals surface area contributed by atoms with E-state index in [2.05, 4.69) is 0 Å². The molecule has 0 spiro atoms. The van der Waals surface area contributed by atoms with E-state index in [9.17, 15) is 13.6 Å². The third-order valence-corrected chi connectivity index (χ3v) is 2.86. The molecule has 0 bridgehead atoms. The number of halogens is 2. The Morgan fingerprint density at radius 2 is 1.95 bits per heavy atom. The summed E-state index contributed by atoms with van der Waals surface area (Å²) >= 11 is 0. The highest BCUT2D eigenvalue weighted by Gasteiger charge is 2.11. The number of carbonyl (C=O) groups excluding carboxylic acids is 1. The van der Waals surface area contributed by atoms with Gasteiger partial charge in [0, 0.05) is 18.1 Å². The molecule has 0 atom stereocenters. The molecule has 2 rings (SSSR count). The SMILES string of the molecule is CCC(=O)Oc1ccc(-c2ccc(C#N)c(F)c2)c(F)c1. The van der Waals surface area contributed by atoms with Crippen LogP contribution < -0.4 is 4.74 Å². The van der Waals surface area contributed by atoms with E-state index < -0.39 is 17.6 Å². The van der Waals surface area contributed by atoms with Gasteiger partial charge in [-0.25, -0.2) is 8.78 Å². The summed E-state index contributed by atoms with van der Waals surface area (Å²) in [5.41, 5.74) is 0.361. The molecular formula is C16H11F2NO2. The minimum atomic E-state index is -0.712. The van der Waals surface area contributed by atoms with Crippen molar-refractivity contribution in [3.05, 3.63) is 53.6 Å². The van der Waals surface area contributed by atoms with Crippen LogP contribution in [0.25, 0.3) is 11.1 Å². The van der Waals surface area contributed by atoms with Gasteiger partial charge in [-0.1, -0.05) is 13.0 Å². The second-order valence-electron chi connectivity index (χ2n) is 4.28. The summed E-state index contributed by atoms with van der Waals surface area (Å²) in [6, 6.07) is 9.43. The highest BCUT2D eigenvalue weighted by molar-refractivity contribution is 5.73. The van der Waals surface area contributed by atoms with E-state index >= 15 is 0 Å². The Morgan fingerprint density at radius 1 is 1.19 bits per heavy atom. The van der Waals surface area contributed by atoms with E-state index in [1.807, 2.05) is 0 Å². The third kappa shape index (κ3) is 3.23. The predicted molar refractivity (Wildman–Crippen MR) is 72.4 cm³/mol. The average molecular weight is 287 g/mol. The minimum absolute atomic E-state index is 0.0946. The van der Waals surface area contributed by atoms with Crippen LogP contribution in [0.5, 0.6) is 5.75 Å². The van der Waals surface area contributed by atoms with E-state index in [0.29, 0.717) is 5.56 Å². The Morgan fingerprint density at radius 3 is 2.52 bits per heavy atom. The number of benzene rings is 2. The van der Waals surface area contributed by atoms with Gasteiger partial charge >= 0.3 is 5.97 Å². The van der Waals surface area contributed by atoms with Crippen molar-refractivity contribution in [1.29, 1.82) is 5.26 Å². The summed E-state index contributed by atoms with van der Waals surface area (Å²) in [4.78, 5) is 11.1. The Hall–Kier alpha value is -2.74. The molecule has 0 saturated carbocycles. The summed E-state index contributed by atoms with van der Waals surface area (Å²) < 4.78 is 32.5. The summed E-state index contributed by atoms with van der Waals surface area (Å²) in [6.45, 7) is 1.63. The van der Waals surface area contributed by atoms with E-state index in [1.54, 1.807) is 13.0 Å². The highest BCUT2D eigenvalue weighted by Crippen LogP contribution is 2.27. The zero-order valence-corrected chi connectivity index (χ0v) is 11.2. The molecule has 0 aliphatic rings. The fraction of sp³-hybridized carbons (Fsp3) is 0.125. The summed E-state index contributed by atoms with van der Waals surface area (Å²) in [6.07, 6.45) is 0.185. The third-order valence-electron chi connectivity index (χ3n) is 2.86. The van der Waals surface area contributed by atoms with Crippen LogP contribution >= 0.6 is 0 Å². The number of esters is 1. The van der Waals surface area contributed by atoms with Gasteiger partial charge in [-0.05, 0) is 29.8 Å². The van der Waals surface area contributed by atoms with Gasteiger partial charge in [0.1, 0.15) is 23.5 Å². The monoisotopic (exact) mass is 287 g/mol. The minimum Gasteiger partial charge on any atom is -0.426 e. The van der Waals surface area contributed by atoms with Gasteiger partial charge in [-0.15, -0.1) is 0 Å². The van der Waals surface area contributed by atoms with Gasteiger partial charge in [0.15, 0.2) is 0 Å². The molecular weight excluding hydrogens is 276 g/mol. The Balaban J connectivity index is 2.35. The maximum atomic E-state index is 14.0. The molecule has 0 radical (unpaired) electrons. The first-order valence-electron chi connectivity index (χ1n) is 6.25. The molecule has 0 unspecified atom stereocenters. The van der Waals surface area contributed by atoms with E-state index in [-0.39, 0.29) is 23.3 Å². The smallest absolute Gasteiger partial charge is 0.310 e. The topological polar surface area (TPSA) is 50.1 Å². The van der Waals surface area contributed by atoms with Crippen LogP contribution in [0.3, 0.4) is 0 Å². The standard InChI is InChI=1S/C16H11F2NO2/c1-2-16(20)21-12-5-6-13(15(18)8-12)10-3-4-11(9-19)14(17)7-10/h3-8H,2H2,1H3. The summed E-state index contributed by atoms with van der Waals surface area (Å²) in [5, 5.41) is 8.67. The van der Waals surface area contributed by atoms with Gasteiger partial charge in [0.25, 0.3) is 0 Å². The van der Waals surface area contributed by atoms with Crippen molar-refractivity contribution in [2.45, 2.75) is 13.3 Å². The molecule has 0 aromatic heterocycles. The lowest BCUT2D eigenvalue weighted by molar-refractivity contribution is -0.134. The molecule has 0 N–H and O–H groups in total. The molecule has 0 heterocycles. The van der Waals surface area contributed by atoms with Crippen molar-refractivity contribution in [3.63, 3.8) is 0 Å². The first kappa shape index (κ1) is 14.7. The van der Waals surface area contributed by atoms with E-state index in [1.165, 1.54) is 24.3 Å². The largest absolute Gasteiger partial charge is 0.426 e. The predicted octanol–water partition coefficient (Wildman–Crippen LogP) is 3.82. The molecule has 0 aliphatic heterocycles. The number of ether oxygens (including phenoxy) is 1. The number of hydrogen-bond donors (Lipinski definition) is 0. The summed E-state index contributed by atoms with van der Waals surface area (Å²) in [7, 11) is 0. The van der Waals surface area contributed by atoms with E-state index in [4.69, 9.17) is 10.00 Å². The van der Waals surface area contributed by atoms with Crippen molar-refractivity contribution in [2.24, 2.45) is 0 Å². The van der Waals surface area contributed by atoms with Crippen LogP contribution in [0.15, 0.2) is 36.4 Å². The van der Waals surface area contributed by atoms with Crippen molar-refractivity contribution >= 4 is 5.97 Å². The molecule has 21 heavy (non-hydrogen) atoms. The van der Waals surface area contributed by atoms with Gasteiger partial charge in [-0.3, -0.25) is 4.79 Å². The maximum Gasteiger partial charge on any atom is 0.310 e. The molecule has 106 valence electrons. The highest BCUT2D eigenvalue weighted by atomic mass is 19.1. The van der Waals surface area contributed by atoms with Crippen LogP contribution in [0.2, 0.25) is 0 Å². The van der Waals surface area contributed by atoms with Gasteiger partial charge < -0.3 is 4.74 Å². The fourth-order valence-corrected chi connectivity index (χ4v) is 1.77. The molecule has 0 aliphatic carbocycles. The number of rotatable bonds is 3. The van der Waals surface area contributed by atoms with Crippen LogP contribution in [-0.4, -0.2) is 5.97 Å². The van der Waals surface area contributed by atoms with Crippen molar-refractivity contribution in [1.82, 2.24) is 0 Å². The molecule has 5 heteroatoms. The lowest BCUT2D eigenvalue weighted by Gasteiger charge is -2.07. The Labute approximate surface area is 120 Å². The normalized spacial score (nSPS) is 10.0. The second kappa shape index (κ2) is 6.14. The van der Waals surface area contributed by atoms with Gasteiger partial charge in [0.2, 0.25) is 0 Å². The molecule has 0 fully saturated rings. The first-order chi connectivity index (χ1) is 10.0. The van der Waals surface area contributed by atoms with Gasteiger partial charge in [-0.2, -0.15) is 5.26 Å². The second-order valence-corrected chi connectivity index (χ2v) is 4.28. The van der Waals surface area contributed by atoms with Crippen molar-refractivity contribution < 1.29 is 18.3 Å². The van der Waals surface area contributed by atoms with Crippen molar-refractivity contribution in [3.8, 4) is 22.9 Å². The zero-order valence-electron chi connectivity index (χ0n) is 11.2. The van der Waals surface area contributed by atoms with Crippen LogP contribution in [0.1, 0.15) is 18.9 Å². The van der Waals surface area contributed by atoms with Crippen molar-refractivity contribution in [2.75, 3.05) is 0 Å². The van der Waals surface area contributed by atoms with Crippen LogP contribution in [-0.2, 0) is 4.79 Å². The average Bonchev–Trinajstić information content (AvgIpc) is 2.47. The maximum absolute atomic E-state index is 14.0. The lowest BCUT2D eigenvalue weighted by atomic mass is 10.0. The Bertz CT molecular complexity index is 736. The molecule has 2 aromatic rings. The Kier molecular flexibility index (Phi) is 4.29. The lowest BCUT2D eigenvalue weighted by Crippen LogP contribution is -2.05. The van der Waals surface area contributed by atoms with Gasteiger partial charge in [0.05, 0.1) is 5.56 Å².